The van der Waals surface area contributed by atoms with Crippen LogP contribution in [0, 0.1) is 0 Å². The topological polar surface area (TPSA) is 18.5 Å². The molecular formula is C9H17F3O2. The standard InChI is InChI=1S/C9H17F3O2/c1-13-7-5-3-4-6-8(14-2)9(10,11)12/h8H,3-7H2,1-2H3. The lowest BCUT2D eigenvalue weighted by Crippen LogP contribution is -2.30. The van der Waals surface area contributed by atoms with E-state index in [1.807, 2.05) is 0 Å². The third kappa shape index (κ3) is 6.21. The molecule has 0 aromatic heterocycles. The van der Waals surface area contributed by atoms with Crippen molar-refractivity contribution >= 4 is 0 Å². The second kappa shape index (κ2) is 7.06. The molecule has 0 saturated carbocycles. The summed E-state index contributed by atoms with van der Waals surface area (Å²) in [5.74, 6) is 0. The summed E-state index contributed by atoms with van der Waals surface area (Å²) >= 11 is 0. The van der Waals surface area contributed by atoms with Gasteiger partial charge in [-0.15, -0.1) is 0 Å². The molecule has 2 nitrogen and oxygen atoms in total. The van der Waals surface area contributed by atoms with Crippen molar-refractivity contribution in [2.24, 2.45) is 0 Å². The summed E-state index contributed by atoms with van der Waals surface area (Å²) in [5.41, 5.74) is 0. The highest BCUT2D eigenvalue weighted by Gasteiger charge is 2.39. The second-order valence-corrected chi connectivity index (χ2v) is 3.11. The smallest absolute Gasteiger partial charge is 0.385 e. The molecule has 0 aliphatic rings. The van der Waals surface area contributed by atoms with Crippen molar-refractivity contribution in [3.05, 3.63) is 0 Å². The van der Waals surface area contributed by atoms with Crippen LogP contribution in [-0.4, -0.2) is 33.1 Å². The maximum Gasteiger partial charge on any atom is 0.414 e. The molecule has 1 atom stereocenters. The molecule has 5 heteroatoms. The van der Waals surface area contributed by atoms with E-state index in [4.69, 9.17) is 4.74 Å². The fraction of sp³-hybridized carbons (Fsp3) is 1.00. The number of methoxy groups -OCH3 is 2. The zero-order valence-corrected chi connectivity index (χ0v) is 8.56. The van der Waals surface area contributed by atoms with Crippen LogP contribution in [0.4, 0.5) is 13.2 Å². The van der Waals surface area contributed by atoms with Gasteiger partial charge in [0.25, 0.3) is 0 Å². The van der Waals surface area contributed by atoms with Gasteiger partial charge in [-0.3, -0.25) is 0 Å². The minimum absolute atomic E-state index is 0.0315. The number of alkyl halides is 3. The predicted molar refractivity (Wildman–Crippen MR) is 47.2 cm³/mol. The summed E-state index contributed by atoms with van der Waals surface area (Å²) in [6.07, 6.45) is -3.78. The van der Waals surface area contributed by atoms with Crippen LogP contribution in [0.3, 0.4) is 0 Å². The van der Waals surface area contributed by atoms with E-state index in [-0.39, 0.29) is 6.42 Å². The van der Waals surface area contributed by atoms with Gasteiger partial charge in [0.05, 0.1) is 0 Å². The summed E-state index contributed by atoms with van der Waals surface area (Å²) in [6.45, 7) is 0.601. The van der Waals surface area contributed by atoms with Crippen LogP contribution in [0.15, 0.2) is 0 Å². The molecule has 0 aliphatic carbocycles. The minimum Gasteiger partial charge on any atom is -0.385 e. The van der Waals surface area contributed by atoms with Gasteiger partial charge in [-0.2, -0.15) is 13.2 Å². The highest BCUT2D eigenvalue weighted by atomic mass is 19.4. The largest absolute Gasteiger partial charge is 0.414 e. The lowest BCUT2D eigenvalue weighted by atomic mass is 10.1. The van der Waals surface area contributed by atoms with E-state index in [0.29, 0.717) is 13.0 Å². The number of hydrogen-bond acceptors (Lipinski definition) is 2. The van der Waals surface area contributed by atoms with Crippen molar-refractivity contribution in [2.45, 2.75) is 38.0 Å². The Morgan fingerprint density at radius 3 is 2.14 bits per heavy atom. The van der Waals surface area contributed by atoms with Gasteiger partial charge < -0.3 is 9.47 Å². The van der Waals surface area contributed by atoms with Crippen LogP contribution >= 0.6 is 0 Å². The molecule has 0 aromatic rings. The number of rotatable bonds is 7. The molecule has 0 bridgehead atoms. The average Bonchev–Trinajstić information content (AvgIpc) is 2.09. The molecule has 0 spiro atoms. The summed E-state index contributed by atoms with van der Waals surface area (Å²) in [6, 6.07) is 0. The van der Waals surface area contributed by atoms with Gasteiger partial charge in [0.1, 0.15) is 0 Å². The molecule has 0 aromatic carbocycles. The lowest BCUT2D eigenvalue weighted by molar-refractivity contribution is -0.214. The Kier molecular flexibility index (Phi) is 6.92. The molecule has 0 radical (unpaired) electrons. The maximum absolute atomic E-state index is 12.1. The number of unbranched alkanes of at least 4 members (excludes halogenated alkanes) is 2. The Labute approximate surface area is 82.4 Å². The Morgan fingerprint density at radius 2 is 1.71 bits per heavy atom. The molecular weight excluding hydrogens is 197 g/mol. The van der Waals surface area contributed by atoms with Gasteiger partial charge in [-0.25, -0.2) is 0 Å². The van der Waals surface area contributed by atoms with Crippen LogP contribution in [0.1, 0.15) is 25.7 Å². The number of ether oxygens (including phenoxy) is 2. The Bertz CT molecular complexity index is 137. The fourth-order valence-corrected chi connectivity index (χ4v) is 1.17. The summed E-state index contributed by atoms with van der Waals surface area (Å²) in [4.78, 5) is 0. The van der Waals surface area contributed by atoms with Crippen molar-refractivity contribution in [3.63, 3.8) is 0 Å². The van der Waals surface area contributed by atoms with Gasteiger partial charge in [0, 0.05) is 20.8 Å². The molecule has 1 unspecified atom stereocenters. The van der Waals surface area contributed by atoms with Crippen molar-refractivity contribution < 1.29 is 22.6 Å². The Hall–Kier alpha value is -0.290. The first-order valence-electron chi connectivity index (χ1n) is 4.60. The van der Waals surface area contributed by atoms with Crippen LogP contribution < -0.4 is 0 Å². The normalized spacial score (nSPS) is 14.4. The minimum atomic E-state index is -4.24. The first-order chi connectivity index (χ1) is 6.52. The van der Waals surface area contributed by atoms with Crippen molar-refractivity contribution in [1.29, 1.82) is 0 Å². The second-order valence-electron chi connectivity index (χ2n) is 3.11. The van der Waals surface area contributed by atoms with Gasteiger partial charge in [-0.05, 0) is 12.8 Å². The average molecular weight is 214 g/mol. The third-order valence-electron chi connectivity index (χ3n) is 1.96. The molecule has 86 valence electrons. The van der Waals surface area contributed by atoms with Gasteiger partial charge in [0.15, 0.2) is 6.10 Å². The van der Waals surface area contributed by atoms with Crippen LogP contribution in [-0.2, 0) is 9.47 Å². The molecule has 14 heavy (non-hydrogen) atoms. The van der Waals surface area contributed by atoms with E-state index < -0.39 is 12.3 Å². The zero-order chi connectivity index (χ0) is 11.0. The van der Waals surface area contributed by atoms with E-state index in [0.717, 1.165) is 20.0 Å². The SMILES string of the molecule is COCCCCCC(OC)C(F)(F)F. The van der Waals surface area contributed by atoms with Gasteiger partial charge in [-0.1, -0.05) is 12.8 Å². The van der Waals surface area contributed by atoms with Crippen LogP contribution in [0.2, 0.25) is 0 Å². The third-order valence-corrected chi connectivity index (χ3v) is 1.96. The van der Waals surface area contributed by atoms with E-state index in [1.165, 1.54) is 0 Å². The number of halogens is 3. The summed E-state index contributed by atoms with van der Waals surface area (Å²) in [7, 11) is 2.67. The van der Waals surface area contributed by atoms with Gasteiger partial charge >= 0.3 is 6.18 Å². The summed E-state index contributed by atoms with van der Waals surface area (Å²) in [5, 5.41) is 0. The zero-order valence-electron chi connectivity index (χ0n) is 8.56. The van der Waals surface area contributed by atoms with Crippen molar-refractivity contribution in [2.75, 3.05) is 20.8 Å². The Morgan fingerprint density at radius 1 is 1.07 bits per heavy atom. The van der Waals surface area contributed by atoms with Crippen LogP contribution in [0.5, 0.6) is 0 Å². The van der Waals surface area contributed by atoms with E-state index in [1.54, 1.807) is 7.11 Å². The highest BCUT2D eigenvalue weighted by Crippen LogP contribution is 2.26. The monoisotopic (exact) mass is 214 g/mol. The molecule has 0 saturated heterocycles. The highest BCUT2D eigenvalue weighted by molar-refractivity contribution is 4.66. The summed E-state index contributed by atoms with van der Waals surface area (Å²) < 4.78 is 45.6. The molecule has 0 rings (SSSR count). The van der Waals surface area contributed by atoms with Gasteiger partial charge in [0.2, 0.25) is 0 Å². The van der Waals surface area contributed by atoms with Crippen molar-refractivity contribution in [3.8, 4) is 0 Å². The molecule has 0 fully saturated rings. The predicted octanol–water partition coefficient (Wildman–Crippen LogP) is 2.77. The van der Waals surface area contributed by atoms with E-state index in [9.17, 15) is 13.2 Å². The lowest BCUT2D eigenvalue weighted by Gasteiger charge is -2.18. The first-order valence-corrected chi connectivity index (χ1v) is 4.60. The van der Waals surface area contributed by atoms with E-state index in [2.05, 4.69) is 4.74 Å². The molecule has 0 aliphatic heterocycles. The Balaban J connectivity index is 3.54. The maximum atomic E-state index is 12.1. The quantitative estimate of drug-likeness (QED) is 0.607. The first kappa shape index (κ1) is 13.7. The van der Waals surface area contributed by atoms with Crippen molar-refractivity contribution in [1.82, 2.24) is 0 Å². The fourth-order valence-electron chi connectivity index (χ4n) is 1.17. The molecule has 0 N–H and O–H groups in total. The van der Waals surface area contributed by atoms with Crippen LogP contribution in [0.25, 0.3) is 0 Å². The number of hydrogen-bond donors (Lipinski definition) is 0. The molecule has 0 heterocycles. The molecule has 0 amide bonds. The van der Waals surface area contributed by atoms with E-state index >= 15 is 0 Å².